The molecular weight excluding hydrogens is 202 g/mol. The molecular formula is C13H23NO2. The first-order valence-corrected chi connectivity index (χ1v) is 6.65. The molecule has 3 nitrogen and oxygen atoms in total. The van der Waals surface area contributed by atoms with Gasteiger partial charge in [0.15, 0.2) is 0 Å². The maximum absolute atomic E-state index is 12.3. The lowest BCUT2D eigenvalue weighted by atomic mass is 10.0. The second kappa shape index (κ2) is 5.17. The van der Waals surface area contributed by atoms with Gasteiger partial charge in [0.2, 0.25) is 5.91 Å². The molecule has 0 aromatic rings. The molecule has 1 N–H and O–H groups in total. The maximum Gasteiger partial charge on any atom is 0.226 e. The van der Waals surface area contributed by atoms with Gasteiger partial charge in [-0.05, 0) is 31.6 Å². The van der Waals surface area contributed by atoms with E-state index >= 15 is 0 Å². The first-order chi connectivity index (χ1) is 7.74. The fraction of sp³-hybridized carbons (Fsp3) is 0.923. The Morgan fingerprint density at radius 3 is 2.69 bits per heavy atom. The van der Waals surface area contributed by atoms with E-state index in [0.717, 1.165) is 25.8 Å². The summed E-state index contributed by atoms with van der Waals surface area (Å²) in [4.78, 5) is 14.3. The summed E-state index contributed by atoms with van der Waals surface area (Å²) in [5, 5.41) is 9.38. The predicted molar refractivity (Wildman–Crippen MR) is 62.9 cm³/mol. The van der Waals surface area contributed by atoms with Gasteiger partial charge < -0.3 is 10.0 Å². The Kier molecular flexibility index (Phi) is 3.85. The van der Waals surface area contributed by atoms with Crippen LogP contribution in [0.4, 0.5) is 0 Å². The summed E-state index contributed by atoms with van der Waals surface area (Å²) in [6.07, 6.45) is 6.83. The maximum atomic E-state index is 12.3. The molecule has 2 unspecified atom stereocenters. The van der Waals surface area contributed by atoms with Gasteiger partial charge in [0, 0.05) is 12.5 Å². The van der Waals surface area contributed by atoms with Crippen LogP contribution in [-0.2, 0) is 4.79 Å². The van der Waals surface area contributed by atoms with Crippen LogP contribution in [0.2, 0.25) is 0 Å². The lowest BCUT2D eigenvalue weighted by Gasteiger charge is -2.31. The van der Waals surface area contributed by atoms with E-state index in [9.17, 15) is 9.90 Å². The highest BCUT2D eigenvalue weighted by Crippen LogP contribution is 2.38. The van der Waals surface area contributed by atoms with E-state index in [1.165, 1.54) is 19.3 Å². The van der Waals surface area contributed by atoms with Crippen molar-refractivity contribution in [3.8, 4) is 0 Å². The van der Waals surface area contributed by atoms with Crippen molar-refractivity contribution < 1.29 is 9.90 Å². The van der Waals surface area contributed by atoms with Gasteiger partial charge in [-0.1, -0.05) is 19.8 Å². The Hall–Kier alpha value is -0.570. The standard InChI is InChI=1S/C13H23NO2/c1-10(11-6-7-11)13(16)14-8-4-2-3-5-12(14)9-15/h10-12,15H,2-9H2,1H3. The molecule has 1 heterocycles. The fourth-order valence-corrected chi connectivity index (χ4v) is 2.72. The number of amides is 1. The molecule has 1 saturated heterocycles. The molecule has 0 spiro atoms. The van der Waals surface area contributed by atoms with Gasteiger partial charge in [0.1, 0.15) is 0 Å². The normalized spacial score (nSPS) is 28.6. The molecule has 1 saturated carbocycles. The summed E-state index contributed by atoms with van der Waals surface area (Å²) in [6, 6.07) is 0.0798. The van der Waals surface area contributed by atoms with Crippen molar-refractivity contribution >= 4 is 5.91 Å². The Balaban J connectivity index is 1.99. The summed E-state index contributed by atoms with van der Waals surface area (Å²) in [5.74, 6) is 1.07. The molecule has 1 aliphatic carbocycles. The van der Waals surface area contributed by atoms with Gasteiger partial charge in [0.25, 0.3) is 0 Å². The zero-order valence-corrected chi connectivity index (χ0v) is 10.2. The minimum atomic E-state index is 0.0798. The molecule has 1 aliphatic heterocycles. The summed E-state index contributed by atoms with van der Waals surface area (Å²) in [7, 11) is 0. The van der Waals surface area contributed by atoms with Gasteiger partial charge >= 0.3 is 0 Å². The first kappa shape index (κ1) is 11.9. The molecule has 2 atom stereocenters. The van der Waals surface area contributed by atoms with E-state index in [-0.39, 0.29) is 24.5 Å². The van der Waals surface area contributed by atoms with E-state index in [2.05, 4.69) is 6.92 Å². The number of hydrogen-bond acceptors (Lipinski definition) is 2. The molecule has 0 bridgehead atoms. The molecule has 2 rings (SSSR count). The van der Waals surface area contributed by atoms with Crippen molar-refractivity contribution in [2.24, 2.45) is 11.8 Å². The van der Waals surface area contributed by atoms with E-state index in [4.69, 9.17) is 0 Å². The molecule has 2 fully saturated rings. The Morgan fingerprint density at radius 2 is 2.06 bits per heavy atom. The summed E-state index contributed by atoms with van der Waals surface area (Å²) >= 11 is 0. The van der Waals surface area contributed by atoms with Crippen molar-refractivity contribution in [3.05, 3.63) is 0 Å². The minimum absolute atomic E-state index is 0.0798. The zero-order valence-electron chi connectivity index (χ0n) is 10.2. The van der Waals surface area contributed by atoms with Crippen LogP contribution in [0.15, 0.2) is 0 Å². The lowest BCUT2D eigenvalue weighted by molar-refractivity contribution is -0.138. The number of rotatable bonds is 3. The smallest absolute Gasteiger partial charge is 0.226 e. The summed E-state index contributed by atoms with van der Waals surface area (Å²) in [6.45, 7) is 3.03. The van der Waals surface area contributed by atoms with Crippen LogP contribution in [0.5, 0.6) is 0 Å². The van der Waals surface area contributed by atoms with Crippen LogP contribution in [0.3, 0.4) is 0 Å². The highest BCUT2D eigenvalue weighted by atomic mass is 16.3. The van der Waals surface area contributed by atoms with Crippen LogP contribution in [0.1, 0.15) is 45.4 Å². The zero-order chi connectivity index (χ0) is 11.5. The third-order valence-corrected chi connectivity index (χ3v) is 4.09. The van der Waals surface area contributed by atoms with Gasteiger partial charge in [-0.3, -0.25) is 4.79 Å². The Labute approximate surface area is 97.8 Å². The van der Waals surface area contributed by atoms with Crippen LogP contribution in [-0.4, -0.2) is 35.1 Å². The van der Waals surface area contributed by atoms with Gasteiger partial charge in [-0.25, -0.2) is 0 Å². The molecule has 0 aromatic heterocycles. The van der Waals surface area contributed by atoms with Gasteiger partial charge in [-0.15, -0.1) is 0 Å². The quantitative estimate of drug-likeness (QED) is 0.795. The van der Waals surface area contributed by atoms with Crippen LogP contribution in [0, 0.1) is 11.8 Å². The fourth-order valence-electron chi connectivity index (χ4n) is 2.72. The first-order valence-electron chi connectivity index (χ1n) is 6.65. The van der Waals surface area contributed by atoms with E-state index in [1.807, 2.05) is 4.90 Å². The second-order valence-electron chi connectivity index (χ2n) is 5.34. The average Bonchev–Trinajstić information content (AvgIpc) is 3.12. The van der Waals surface area contributed by atoms with E-state index in [0.29, 0.717) is 5.92 Å². The van der Waals surface area contributed by atoms with Crippen molar-refractivity contribution in [1.29, 1.82) is 0 Å². The third-order valence-electron chi connectivity index (χ3n) is 4.09. The largest absolute Gasteiger partial charge is 0.394 e. The molecule has 92 valence electrons. The number of aliphatic hydroxyl groups is 1. The number of carbonyl (C=O) groups is 1. The van der Waals surface area contributed by atoms with Crippen LogP contribution < -0.4 is 0 Å². The number of nitrogens with zero attached hydrogens (tertiary/aromatic N) is 1. The molecule has 1 amide bonds. The minimum Gasteiger partial charge on any atom is -0.394 e. The SMILES string of the molecule is CC(C(=O)N1CCCCCC1CO)C1CC1. The topological polar surface area (TPSA) is 40.5 Å². The molecule has 3 heteroatoms. The molecule has 0 aromatic carbocycles. The number of likely N-dealkylation sites (tertiary alicyclic amines) is 1. The van der Waals surface area contributed by atoms with Crippen molar-refractivity contribution in [1.82, 2.24) is 4.90 Å². The second-order valence-corrected chi connectivity index (χ2v) is 5.34. The van der Waals surface area contributed by atoms with Crippen LogP contribution >= 0.6 is 0 Å². The lowest BCUT2D eigenvalue weighted by Crippen LogP contribution is -2.45. The van der Waals surface area contributed by atoms with E-state index in [1.54, 1.807) is 0 Å². The molecule has 16 heavy (non-hydrogen) atoms. The average molecular weight is 225 g/mol. The van der Waals surface area contributed by atoms with Gasteiger partial charge in [-0.2, -0.15) is 0 Å². The van der Waals surface area contributed by atoms with Crippen LogP contribution in [0.25, 0.3) is 0 Å². The number of hydrogen-bond donors (Lipinski definition) is 1. The third kappa shape index (κ3) is 2.57. The van der Waals surface area contributed by atoms with Crippen molar-refractivity contribution in [3.63, 3.8) is 0 Å². The van der Waals surface area contributed by atoms with Crippen molar-refractivity contribution in [2.75, 3.05) is 13.2 Å². The number of aliphatic hydroxyl groups excluding tert-OH is 1. The van der Waals surface area contributed by atoms with Crippen molar-refractivity contribution in [2.45, 2.75) is 51.5 Å². The number of carbonyl (C=O) groups excluding carboxylic acids is 1. The highest BCUT2D eigenvalue weighted by molar-refractivity contribution is 5.79. The Bertz CT molecular complexity index is 250. The predicted octanol–water partition coefficient (Wildman–Crippen LogP) is 1.80. The van der Waals surface area contributed by atoms with Gasteiger partial charge in [0.05, 0.1) is 12.6 Å². The molecule has 0 radical (unpaired) electrons. The molecule has 2 aliphatic rings. The highest BCUT2D eigenvalue weighted by Gasteiger charge is 2.36. The monoisotopic (exact) mass is 225 g/mol. The Morgan fingerprint density at radius 1 is 1.31 bits per heavy atom. The summed E-state index contributed by atoms with van der Waals surface area (Å²) in [5.41, 5.74) is 0. The summed E-state index contributed by atoms with van der Waals surface area (Å²) < 4.78 is 0. The van der Waals surface area contributed by atoms with E-state index < -0.39 is 0 Å².